The summed E-state index contributed by atoms with van der Waals surface area (Å²) in [5.74, 6) is -0.125. The highest BCUT2D eigenvalue weighted by Crippen LogP contribution is 2.25. The van der Waals surface area contributed by atoms with Crippen molar-refractivity contribution >= 4 is 44.8 Å². The highest BCUT2D eigenvalue weighted by molar-refractivity contribution is 7.91. The van der Waals surface area contributed by atoms with Crippen molar-refractivity contribution in [3.05, 3.63) is 16.5 Å². The summed E-state index contributed by atoms with van der Waals surface area (Å²) in [5.41, 5.74) is 0. The van der Waals surface area contributed by atoms with Crippen LogP contribution in [0.1, 0.15) is 13.3 Å². The van der Waals surface area contributed by atoms with Crippen LogP contribution in [0.5, 0.6) is 0 Å². The second-order valence-electron chi connectivity index (χ2n) is 5.09. The number of hydrogen-bond donors (Lipinski definition) is 1. The quantitative estimate of drug-likeness (QED) is 0.818. The molecule has 23 heavy (non-hydrogen) atoms. The second-order valence-corrected chi connectivity index (χ2v) is 8.80. The summed E-state index contributed by atoms with van der Waals surface area (Å²) in [7, 11) is -3.63. The van der Waals surface area contributed by atoms with E-state index in [4.69, 9.17) is 11.6 Å². The molecule has 2 amide bonds. The first-order chi connectivity index (χ1) is 10.8. The standard InChI is InChI=1S/C13H18ClN3O4S2/c1-10(18)16-6-8-17(9-7-16)12(19)4-5-15-23(20,21)13-3-2-11(14)22-13/h2-3,15H,4-9H2,1H3. The summed E-state index contributed by atoms with van der Waals surface area (Å²) in [6.07, 6.45) is 0.0818. The van der Waals surface area contributed by atoms with E-state index >= 15 is 0 Å². The lowest BCUT2D eigenvalue weighted by molar-refractivity contribution is -0.138. The molecule has 10 heteroatoms. The molecule has 128 valence electrons. The molecule has 2 heterocycles. The molecule has 0 unspecified atom stereocenters. The predicted octanol–water partition coefficient (Wildman–Crippen LogP) is 0.761. The van der Waals surface area contributed by atoms with Crippen molar-refractivity contribution in [2.45, 2.75) is 17.6 Å². The molecule has 1 aliphatic heterocycles. The molecular weight excluding hydrogens is 362 g/mol. The Morgan fingerprint density at radius 1 is 1.22 bits per heavy atom. The van der Waals surface area contributed by atoms with Crippen LogP contribution in [-0.2, 0) is 19.6 Å². The average Bonchev–Trinajstić information content (AvgIpc) is 2.94. The largest absolute Gasteiger partial charge is 0.339 e. The van der Waals surface area contributed by atoms with E-state index in [0.717, 1.165) is 11.3 Å². The first-order valence-corrected chi connectivity index (χ1v) is 9.75. The summed E-state index contributed by atoms with van der Waals surface area (Å²) in [6, 6.07) is 2.94. The van der Waals surface area contributed by atoms with E-state index in [1.165, 1.54) is 19.1 Å². The van der Waals surface area contributed by atoms with Gasteiger partial charge in [-0.25, -0.2) is 13.1 Å². The van der Waals surface area contributed by atoms with Crippen molar-refractivity contribution in [1.82, 2.24) is 14.5 Å². The Hall–Kier alpha value is -1.16. The van der Waals surface area contributed by atoms with Gasteiger partial charge in [-0.3, -0.25) is 9.59 Å². The third kappa shape index (κ3) is 4.90. The maximum absolute atomic E-state index is 12.1. The van der Waals surface area contributed by atoms with Gasteiger partial charge in [-0.15, -0.1) is 11.3 Å². The van der Waals surface area contributed by atoms with Gasteiger partial charge in [-0.05, 0) is 12.1 Å². The number of nitrogens with zero attached hydrogens (tertiary/aromatic N) is 2. The number of carbonyl (C=O) groups excluding carboxylic acids is 2. The molecule has 2 rings (SSSR count). The van der Waals surface area contributed by atoms with Crippen molar-refractivity contribution in [2.24, 2.45) is 0 Å². The minimum absolute atomic E-state index is 0.000493. The van der Waals surface area contributed by atoms with E-state index < -0.39 is 10.0 Å². The molecule has 0 aliphatic carbocycles. The summed E-state index contributed by atoms with van der Waals surface area (Å²) >= 11 is 6.69. The zero-order valence-corrected chi connectivity index (χ0v) is 15.0. The molecule has 1 aromatic rings. The minimum atomic E-state index is -3.63. The molecular formula is C13H18ClN3O4S2. The SMILES string of the molecule is CC(=O)N1CCN(C(=O)CCNS(=O)(=O)c2ccc(Cl)s2)CC1. The number of sulfonamides is 1. The monoisotopic (exact) mass is 379 g/mol. The summed E-state index contributed by atoms with van der Waals surface area (Å²) < 4.78 is 26.9. The fourth-order valence-corrected chi connectivity index (χ4v) is 4.79. The van der Waals surface area contributed by atoms with Crippen LogP contribution >= 0.6 is 22.9 Å². The molecule has 0 bridgehead atoms. The van der Waals surface area contributed by atoms with Crippen molar-refractivity contribution in [3.8, 4) is 0 Å². The topological polar surface area (TPSA) is 86.8 Å². The molecule has 0 spiro atoms. The van der Waals surface area contributed by atoms with Crippen LogP contribution < -0.4 is 4.72 Å². The molecule has 7 nitrogen and oxygen atoms in total. The van der Waals surface area contributed by atoms with Gasteiger partial charge in [0, 0.05) is 46.1 Å². The van der Waals surface area contributed by atoms with Gasteiger partial charge in [0.05, 0.1) is 4.34 Å². The molecule has 1 fully saturated rings. The highest BCUT2D eigenvalue weighted by atomic mass is 35.5. The average molecular weight is 380 g/mol. The zero-order chi connectivity index (χ0) is 17.0. The Morgan fingerprint density at radius 3 is 2.35 bits per heavy atom. The smallest absolute Gasteiger partial charge is 0.250 e. The Bertz CT molecular complexity index is 681. The molecule has 1 saturated heterocycles. The van der Waals surface area contributed by atoms with E-state index in [0.29, 0.717) is 30.5 Å². The fraction of sp³-hybridized carbons (Fsp3) is 0.538. The lowest BCUT2D eigenvalue weighted by Crippen LogP contribution is -2.50. The number of nitrogens with one attached hydrogen (secondary N) is 1. The van der Waals surface area contributed by atoms with Gasteiger partial charge >= 0.3 is 0 Å². The first kappa shape index (κ1) is 18.2. The lowest BCUT2D eigenvalue weighted by Gasteiger charge is -2.34. The predicted molar refractivity (Wildman–Crippen MR) is 88.0 cm³/mol. The number of thiophene rings is 1. The third-order valence-electron chi connectivity index (χ3n) is 3.52. The van der Waals surface area contributed by atoms with E-state index in [9.17, 15) is 18.0 Å². The van der Waals surface area contributed by atoms with Crippen LogP contribution in [0.25, 0.3) is 0 Å². The van der Waals surface area contributed by atoms with Crippen molar-refractivity contribution in [3.63, 3.8) is 0 Å². The summed E-state index contributed by atoms with van der Waals surface area (Å²) in [4.78, 5) is 26.6. The summed E-state index contributed by atoms with van der Waals surface area (Å²) in [6.45, 7) is 3.52. The Labute approximate surface area is 144 Å². The third-order valence-corrected chi connectivity index (χ3v) is 6.71. The molecule has 0 saturated carbocycles. The van der Waals surface area contributed by atoms with Crippen LogP contribution in [-0.4, -0.2) is 62.8 Å². The van der Waals surface area contributed by atoms with Crippen LogP contribution in [0, 0.1) is 0 Å². The van der Waals surface area contributed by atoms with Crippen LogP contribution in [0.15, 0.2) is 16.3 Å². The molecule has 1 aliphatic rings. The van der Waals surface area contributed by atoms with E-state index in [1.54, 1.807) is 9.80 Å². The van der Waals surface area contributed by atoms with Crippen molar-refractivity contribution in [2.75, 3.05) is 32.7 Å². The second kappa shape index (κ2) is 7.61. The molecule has 1 N–H and O–H groups in total. The Kier molecular flexibility index (Phi) is 6.01. The van der Waals surface area contributed by atoms with E-state index in [1.807, 2.05) is 0 Å². The van der Waals surface area contributed by atoms with Crippen molar-refractivity contribution < 1.29 is 18.0 Å². The van der Waals surface area contributed by atoms with Gasteiger partial charge in [-0.2, -0.15) is 0 Å². The fourth-order valence-electron chi connectivity index (χ4n) is 2.23. The number of piperazine rings is 1. The van der Waals surface area contributed by atoms with Gasteiger partial charge in [0.15, 0.2) is 0 Å². The maximum Gasteiger partial charge on any atom is 0.250 e. The minimum Gasteiger partial charge on any atom is -0.339 e. The Morgan fingerprint density at radius 2 is 1.83 bits per heavy atom. The highest BCUT2D eigenvalue weighted by Gasteiger charge is 2.23. The zero-order valence-electron chi connectivity index (χ0n) is 12.6. The van der Waals surface area contributed by atoms with Gasteiger partial charge in [0.25, 0.3) is 0 Å². The van der Waals surface area contributed by atoms with E-state index in [2.05, 4.69) is 4.72 Å². The van der Waals surface area contributed by atoms with Gasteiger partial charge in [0.1, 0.15) is 4.21 Å². The number of halogens is 1. The molecule has 0 aromatic carbocycles. The normalized spacial score (nSPS) is 15.7. The molecule has 0 radical (unpaired) electrons. The van der Waals surface area contributed by atoms with Gasteiger partial charge in [-0.1, -0.05) is 11.6 Å². The number of rotatable bonds is 5. The van der Waals surface area contributed by atoms with Crippen LogP contribution in [0.2, 0.25) is 4.34 Å². The molecule has 1 aromatic heterocycles. The van der Waals surface area contributed by atoms with Gasteiger partial charge in [0.2, 0.25) is 21.8 Å². The number of carbonyl (C=O) groups is 2. The van der Waals surface area contributed by atoms with E-state index in [-0.39, 0.29) is 29.0 Å². The Balaban J connectivity index is 1.78. The maximum atomic E-state index is 12.1. The van der Waals surface area contributed by atoms with Crippen LogP contribution in [0.3, 0.4) is 0 Å². The summed E-state index contributed by atoms with van der Waals surface area (Å²) in [5, 5.41) is 0. The van der Waals surface area contributed by atoms with Crippen molar-refractivity contribution in [1.29, 1.82) is 0 Å². The lowest BCUT2D eigenvalue weighted by atomic mass is 10.3. The van der Waals surface area contributed by atoms with Gasteiger partial charge < -0.3 is 9.80 Å². The number of amides is 2. The van der Waals surface area contributed by atoms with Crippen LogP contribution in [0.4, 0.5) is 0 Å². The molecule has 0 atom stereocenters. The number of hydrogen-bond acceptors (Lipinski definition) is 5. The first-order valence-electron chi connectivity index (χ1n) is 7.08.